The first-order chi connectivity index (χ1) is 8.61. The van der Waals surface area contributed by atoms with E-state index < -0.39 is 4.92 Å². The summed E-state index contributed by atoms with van der Waals surface area (Å²) in [6.45, 7) is 2.57. The van der Waals surface area contributed by atoms with Gasteiger partial charge in [-0.25, -0.2) is 0 Å². The molecule has 6 heteroatoms. The third kappa shape index (κ3) is 2.66. The zero-order valence-corrected chi connectivity index (χ0v) is 10.4. The van der Waals surface area contributed by atoms with Crippen LogP contribution in [0.3, 0.4) is 0 Å². The molecule has 0 aliphatic carbocycles. The van der Waals surface area contributed by atoms with Gasteiger partial charge in [-0.3, -0.25) is 15.0 Å². The Bertz CT molecular complexity index is 421. The van der Waals surface area contributed by atoms with Crippen LogP contribution in [0.1, 0.15) is 25.1 Å². The molecular formula is C12H16N2O4. The number of hydroxylamine groups is 2. The van der Waals surface area contributed by atoms with Crippen LogP contribution in [0.25, 0.3) is 0 Å². The molecule has 18 heavy (non-hydrogen) atoms. The highest BCUT2D eigenvalue weighted by molar-refractivity contribution is 5.33. The molecule has 0 bridgehead atoms. The summed E-state index contributed by atoms with van der Waals surface area (Å²) >= 11 is 0. The number of nitro groups is 1. The number of nitrogens with zero attached hydrogens (tertiary/aromatic N) is 2. The van der Waals surface area contributed by atoms with Gasteiger partial charge in [0.15, 0.2) is 6.23 Å². The summed E-state index contributed by atoms with van der Waals surface area (Å²) in [7, 11) is 1.80. The van der Waals surface area contributed by atoms with Gasteiger partial charge in [0.1, 0.15) is 6.10 Å². The van der Waals surface area contributed by atoms with E-state index in [1.165, 1.54) is 12.1 Å². The van der Waals surface area contributed by atoms with Crippen LogP contribution in [-0.2, 0) is 9.57 Å². The molecule has 0 N–H and O–H groups in total. The van der Waals surface area contributed by atoms with Crippen LogP contribution in [-0.4, -0.2) is 29.7 Å². The van der Waals surface area contributed by atoms with Crippen LogP contribution < -0.4 is 0 Å². The van der Waals surface area contributed by atoms with Crippen molar-refractivity contribution >= 4 is 5.69 Å². The van der Waals surface area contributed by atoms with Gasteiger partial charge in [-0.2, -0.15) is 5.06 Å². The third-order valence-corrected chi connectivity index (χ3v) is 2.93. The zero-order valence-electron chi connectivity index (χ0n) is 10.4. The first-order valence-corrected chi connectivity index (χ1v) is 5.87. The standard InChI is InChI=1S/C12H16N2O4/c1-3-11-8-17-12(13(2)18-11)9-4-6-10(7-5-9)14(15)16/h4-7,11-12H,3,8H2,1-2H3. The second-order valence-electron chi connectivity index (χ2n) is 4.22. The maximum Gasteiger partial charge on any atom is 0.269 e. The molecule has 0 saturated carbocycles. The van der Waals surface area contributed by atoms with Crippen LogP contribution in [0.15, 0.2) is 24.3 Å². The summed E-state index contributed by atoms with van der Waals surface area (Å²) in [4.78, 5) is 15.8. The number of non-ortho nitro benzene ring substituents is 1. The highest BCUT2D eigenvalue weighted by Gasteiger charge is 2.27. The molecule has 1 aliphatic heterocycles. The van der Waals surface area contributed by atoms with E-state index in [4.69, 9.17) is 9.57 Å². The topological polar surface area (TPSA) is 64.8 Å². The second kappa shape index (κ2) is 5.43. The molecule has 1 heterocycles. The number of nitro benzene ring substituents is 1. The molecule has 2 unspecified atom stereocenters. The first-order valence-electron chi connectivity index (χ1n) is 5.87. The Morgan fingerprint density at radius 3 is 2.61 bits per heavy atom. The minimum Gasteiger partial charge on any atom is -0.354 e. The Morgan fingerprint density at radius 1 is 1.44 bits per heavy atom. The Morgan fingerprint density at radius 2 is 2.11 bits per heavy atom. The van der Waals surface area contributed by atoms with E-state index in [0.29, 0.717) is 6.61 Å². The maximum absolute atomic E-state index is 10.6. The molecule has 1 fully saturated rings. The van der Waals surface area contributed by atoms with Crippen molar-refractivity contribution in [2.45, 2.75) is 25.7 Å². The lowest BCUT2D eigenvalue weighted by Crippen LogP contribution is -2.40. The molecule has 1 aromatic rings. The molecule has 2 rings (SSSR count). The number of benzene rings is 1. The van der Waals surface area contributed by atoms with Crippen molar-refractivity contribution in [3.8, 4) is 0 Å². The van der Waals surface area contributed by atoms with E-state index in [1.54, 1.807) is 24.2 Å². The van der Waals surface area contributed by atoms with Crippen LogP contribution in [0, 0.1) is 10.1 Å². The predicted octanol–water partition coefficient (Wildman–Crippen LogP) is 2.27. The molecule has 0 radical (unpaired) electrons. The maximum atomic E-state index is 10.6. The zero-order chi connectivity index (χ0) is 13.1. The van der Waals surface area contributed by atoms with Crippen molar-refractivity contribution in [2.24, 2.45) is 0 Å². The monoisotopic (exact) mass is 252 g/mol. The summed E-state index contributed by atoms with van der Waals surface area (Å²) in [5.74, 6) is 0. The van der Waals surface area contributed by atoms with E-state index in [1.807, 2.05) is 6.92 Å². The highest BCUT2D eigenvalue weighted by atomic mass is 16.7. The van der Waals surface area contributed by atoms with Gasteiger partial charge in [-0.1, -0.05) is 6.92 Å². The molecule has 1 aliphatic rings. The Labute approximate surface area is 105 Å². The summed E-state index contributed by atoms with van der Waals surface area (Å²) in [6, 6.07) is 6.32. The number of hydrogen-bond donors (Lipinski definition) is 0. The van der Waals surface area contributed by atoms with Gasteiger partial charge >= 0.3 is 0 Å². The molecular weight excluding hydrogens is 236 g/mol. The summed E-state index contributed by atoms with van der Waals surface area (Å²) in [5.41, 5.74) is 0.919. The Balaban J connectivity index is 2.10. The van der Waals surface area contributed by atoms with Gasteiger partial charge < -0.3 is 4.74 Å². The molecule has 98 valence electrons. The molecule has 1 saturated heterocycles. The minimum atomic E-state index is -0.418. The van der Waals surface area contributed by atoms with Gasteiger partial charge in [-0.15, -0.1) is 0 Å². The first kappa shape index (κ1) is 12.9. The van der Waals surface area contributed by atoms with Gasteiger partial charge in [0.25, 0.3) is 5.69 Å². The predicted molar refractivity (Wildman–Crippen MR) is 64.7 cm³/mol. The Hall–Kier alpha value is -1.50. The molecule has 1 aromatic carbocycles. The normalized spacial score (nSPS) is 25.0. The number of hydrogen-bond acceptors (Lipinski definition) is 5. The molecule has 0 spiro atoms. The molecule has 0 amide bonds. The average Bonchev–Trinajstić information content (AvgIpc) is 2.38. The van der Waals surface area contributed by atoms with Crippen LogP contribution in [0.4, 0.5) is 5.69 Å². The minimum absolute atomic E-state index is 0.0734. The number of rotatable bonds is 3. The number of ether oxygens (including phenoxy) is 1. The van der Waals surface area contributed by atoms with Crippen LogP contribution >= 0.6 is 0 Å². The largest absolute Gasteiger partial charge is 0.354 e. The van der Waals surface area contributed by atoms with E-state index >= 15 is 0 Å². The van der Waals surface area contributed by atoms with Gasteiger partial charge in [0.05, 0.1) is 11.5 Å². The van der Waals surface area contributed by atoms with Gasteiger partial charge in [0.2, 0.25) is 0 Å². The van der Waals surface area contributed by atoms with Crippen LogP contribution in [0.5, 0.6) is 0 Å². The van der Waals surface area contributed by atoms with Crippen molar-refractivity contribution in [1.82, 2.24) is 5.06 Å². The van der Waals surface area contributed by atoms with Crippen molar-refractivity contribution in [3.63, 3.8) is 0 Å². The fraction of sp³-hybridized carbons (Fsp3) is 0.500. The summed E-state index contributed by atoms with van der Waals surface area (Å²) < 4.78 is 5.71. The van der Waals surface area contributed by atoms with Crippen molar-refractivity contribution in [1.29, 1.82) is 0 Å². The lowest BCUT2D eigenvalue weighted by molar-refractivity contribution is -0.384. The summed E-state index contributed by atoms with van der Waals surface area (Å²) in [6.07, 6.45) is 0.648. The van der Waals surface area contributed by atoms with Crippen LogP contribution in [0.2, 0.25) is 0 Å². The fourth-order valence-corrected chi connectivity index (χ4v) is 1.88. The van der Waals surface area contributed by atoms with Crippen molar-refractivity contribution in [3.05, 3.63) is 39.9 Å². The quantitative estimate of drug-likeness (QED) is 0.610. The fourth-order valence-electron chi connectivity index (χ4n) is 1.88. The van der Waals surface area contributed by atoms with Crippen molar-refractivity contribution in [2.75, 3.05) is 13.7 Å². The van der Waals surface area contributed by atoms with Crippen molar-refractivity contribution < 1.29 is 14.5 Å². The molecule has 2 atom stereocenters. The third-order valence-electron chi connectivity index (χ3n) is 2.93. The Kier molecular flexibility index (Phi) is 3.90. The van der Waals surface area contributed by atoms with E-state index in [9.17, 15) is 10.1 Å². The SMILES string of the molecule is CCC1COC(c2ccc([N+](=O)[O-])cc2)N(C)O1. The van der Waals surface area contributed by atoms with E-state index in [0.717, 1.165) is 12.0 Å². The van der Waals surface area contributed by atoms with Gasteiger partial charge in [0, 0.05) is 19.2 Å². The molecule has 6 nitrogen and oxygen atoms in total. The highest BCUT2D eigenvalue weighted by Crippen LogP contribution is 2.28. The lowest BCUT2D eigenvalue weighted by atomic mass is 10.1. The second-order valence-corrected chi connectivity index (χ2v) is 4.22. The average molecular weight is 252 g/mol. The van der Waals surface area contributed by atoms with E-state index in [-0.39, 0.29) is 18.0 Å². The van der Waals surface area contributed by atoms with E-state index in [2.05, 4.69) is 0 Å². The lowest BCUT2D eigenvalue weighted by Gasteiger charge is -2.36. The summed E-state index contributed by atoms with van der Waals surface area (Å²) in [5, 5.41) is 12.2. The molecule has 0 aromatic heterocycles. The van der Waals surface area contributed by atoms with Gasteiger partial charge in [-0.05, 0) is 24.1 Å². The smallest absolute Gasteiger partial charge is 0.269 e.